The molecule has 1 aliphatic rings. The summed E-state index contributed by atoms with van der Waals surface area (Å²) in [4.78, 5) is 36.0. The number of rotatable bonds is 6. The molecular weight excluding hydrogens is 625 g/mol. The second-order valence-corrected chi connectivity index (χ2v) is 14.2. The minimum atomic E-state index is -0.269. The Morgan fingerprint density at radius 2 is 0.941 bits per heavy atom. The van der Waals surface area contributed by atoms with Crippen molar-refractivity contribution in [1.82, 2.24) is 0 Å². The van der Waals surface area contributed by atoms with Gasteiger partial charge in [-0.25, -0.2) is 9.89 Å². The summed E-state index contributed by atoms with van der Waals surface area (Å²) >= 11 is 0. The van der Waals surface area contributed by atoms with Gasteiger partial charge in [0.1, 0.15) is 0 Å². The maximum atomic E-state index is 14.6. The quantitative estimate of drug-likeness (QED) is 0.0771. The largest absolute Gasteiger partial charge is 0.268 e. The summed E-state index contributed by atoms with van der Waals surface area (Å²) in [5.41, 5.74) is 7.74. The number of hydrogen-bond acceptors (Lipinski definition) is 3. The van der Waals surface area contributed by atoms with E-state index in [1.54, 1.807) is 0 Å². The third-order valence-electron chi connectivity index (χ3n) is 10.5. The first-order chi connectivity index (χ1) is 24.8. The molecule has 4 nitrogen and oxygen atoms in total. The SMILES string of the molecule is CC(C)c1cccc(C(C)C)c1N1C(=O)c2ccc3c4cccc5c(N=C(c6ccccc6)c6ccccc6)ccc(c6ccc(c2c36)C1=O)c54. The molecule has 246 valence electrons. The van der Waals surface area contributed by atoms with Gasteiger partial charge in [0.15, 0.2) is 0 Å². The molecule has 51 heavy (non-hydrogen) atoms. The third kappa shape index (κ3) is 4.63. The molecule has 1 aliphatic heterocycles. The summed E-state index contributed by atoms with van der Waals surface area (Å²) in [7, 11) is 0. The van der Waals surface area contributed by atoms with Crippen LogP contribution in [0.4, 0.5) is 11.4 Å². The lowest BCUT2D eigenvalue weighted by Gasteiger charge is -2.32. The number of imide groups is 1. The van der Waals surface area contributed by atoms with Crippen molar-refractivity contribution < 1.29 is 9.59 Å². The Morgan fingerprint density at radius 3 is 1.49 bits per heavy atom. The van der Waals surface area contributed by atoms with Crippen LogP contribution in [0.3, 0.4) is 0 Å². The Balaban J connectivity index is 1.29. The molecule has 4 heteroatoms. The van der Waals surface area contributed by atoms with Gasteiger partial charge in [-0.2, -0.15) is 0 Å². The molecule has 0 bridgehead atoms. The van der Waals surface area contributed by atoms with Gasteiger partial charge in [0.05, 0.1) is 17.1 Å². The number of carbonyl (C=O) groups excluding carboxylic acids is 2. The van der Waals surface area contributed by atoms with Crippen molar-refractivity contribution in [2.75, 3.05) is 4.90 Å². The van der Waals surface area contributed by atoms with Crippen LogP contribution in [0.1, 0.15) is 82.5 Å². The molecule has 0 unspecified atom stereocenters. The van der Waals surface area contributed by atoms with Crippen LogP contribution in [0.5, 0.6) is 0 Å². The molecule has 8 aromatic carbocycles. The topological polar surface area (TPSA) is 49.7 Å². The number of para-hydroxylation sites is 1. The molecule has 0 fully saturated rings. The van der Waals surface area contributed by atoms with Gasteiger partial charge in [-0.15, -0.1) is 0 Å². The molecule has 1 heterocycles. The van der Waals surface area contributed by atoms with E-state index in [0.717, 1.165) is 82.4 Å². The lowest BCUT2D eigenvalue weighted by Crippen LogP contribution is -2.41. The minimum Gasteiger partial charge on any atom is -0.268 e. The monoisotopic (exact) mass is 660 g/mol. The summed E-state index contributed by atoms with van der Waals surface area (Å²) in [5, 5.41) is 8.07. The van der Waals surface area contributed by atoms with Crippen molar-refractivity contribution in [3.8, 4) is 0 Å². The molecule has 8 aromatic rings. The predicted molar refractivity (Wildman–Crippen MR) is 212 cm³/mol. The highest BCUT2D eigenvalue weighted by atomic mass is 16.2. The van der Waals surface area contributed by atoms with E-state index in [9.17, 15) is 9.59 Å². The van der Waals surface area contributed by atoms with Crippen LogP contribution >= 0.6 is 0 Å². The van der Waals surface area contributed by atoms with Crippen molar-refractivity contribution in [3.05, 3.63) is 167 Å². The molecule has 0 saturated carbocycles. The summed E-state index contributed by atoms with van der Waals surface area (Å²) in [5.74, 6) is -0.263. The average molecular weight is 661 g/mol. The van der Waals surface area contributed by atoms with Gasteiger partial charge in [0.2, 0.25) is 0 Å². The number of amides is 2. The summed E-state index contributed by atoms with van der Waals surface area (Å²) in [6.45, 7) is 8.44. The molecule has 9 rings (SSSR count). The van der Waals surface area contributed by atoms with Crippen LogP contribution in [0, 0.1) is 0 Å². The van der Waals surface area contributed by atoms with Crippen molar-refractivity contribution in [2.45, 2.75) is 39.5 Å². The number of aliphatic imine (C=N–C) groups is 1. The Bertz CT molecular complexity index is 2590. The van der Waals surface area contributed by atoms with Crippen LogP contribution in [0.15, 0.2) is 138 Å². The first kappa shape index (κ1) is 30.9. The number of carbonyl (C=O) groups is 2. The lowest BCUT2D eigenvalue weighted by atomic mass is 9.83. The highest BCUT2D eigenvalue weighted by molar-refractivity contribution is 6.42. The second-order valence-electron chi connectivity index (χ2n) is 14.2. The number of nitrogens with zero attached hydrogens (tertiary/aromatic N) is 2. The van der Waals surface area contributed by atoms with Gasteiger partial charge in [-0.05, 0) is 73.5 Å². The van der Waals surface area contributed by atoms with Gasteiger partial charge < -0.3 is 0 Å². The van der Waals surface area contributed by atoms with Crippen molar-refractivity contribution in [2.24, 2.45) is 4.99 Å². The Kier molecular flexibility index (Phi) is 7.11. The van der Waals surface area contributed by atoms with E-state index in [4.69, 9.17) is 4.99 Å². The minimum absolute atomic E-state index is 0.138. The summed E-state index contributed by atoms with van der Waals surface area (Å²) < 4.78 is 0. The first-order valence-electron chi connectivity index (χ1n) is 17.7. The molecule has 0 spiro atoms. The standard InChI is InChI=1S/C47H36N2O2/c1-27(2)31-17-11-18-32(28(3)4)45(31)49-46(50)38-23-21-35-33-19-12-20-37-40(48-44(29-13-7-5-8-14-29)30-15-9-6-10-16-30)26-25-34(41(33)37)36-22-24-39(47(49)51)43(38)42(35)36/h5-28H,1-4H3. The Hall–Kier alpha value is -6.13. The third-order valence-corrected chi connectivity index (χ3v) is 10.5. The van der Waals surface area contributed by atoms with Gasteiger partial charge in [0, 0.05) is 33.0 Å². The van der Waals surface area contributed by atoms with Crippen LogP contribution < -0.4 is 4.90 Å². The molecule has 2 amide bonds. The highest BCUT2D eigenvalue weighted by Crippen LogP contribution is 2.47. The van der Waals surface area contributed by atoms with E-state index in [2.05, 4.69) is 94.4 Å². The van der Waals surface area contributed by atoms with E-state index in [-0.39, 0.29) is 23.7 Å². The van der Waals surface area contributed by atoms with Crippen molar-refractivity contribution in [3.63, 3.8) is 0 Å². The zero-order valence-electron chi connectivity index (χ0n) is 29.1. The normalized spacial score (nSPS) is 13.1. The summed E-state index contributed by atoms with van der Waals surface area (Å²) in [6.07, 6.45) is 0. The molecule has 0 radical (unpaired) electrons. The van der Waals surface area contributed by atoms with Crippen LogP contribution in [0.25, 0.3) is 43.1 Å². The van der Waals surface area contributed by atoms with Gasteiger partial charge in [-0.3, -0.25) is 9.59 Å². The molecule has 0 atom stereocenters. The Labute approximate surface area is 297 Å². The first-order valence-corrected chi connectivity index (χ1v) is 17.7. The molecule has 0 saturated heterocycles. The van der Waals surface area contributed by atoms with Gasteiger partial charge in [0.25, 0.3) is 11.8 Å². The number of hydrogen-bond donors (Lipinski definition) is 0. The maximum Gasteiger partial charge on any atom is 0.266 e. The van der Waals surface area contributed by atoms with Crippen molar-refractivity contribution in [1.29, 1.82) is 0 Å². The van der Waals surface area contributed by atoms with E-state index < -0.39 is 0 Å². The van der Waals surface area contributed by atoms with E-state index >= 15 is 0 Å². The van der Waals surface area contributed by atoms with Gasteiger partial charge in [-0.1, -0.05) is 143 Å². The molecule has 0 aromatic heterocycles. The maximum absolute atomic E-state index is 14.6. The van der Waals surface area contributed by atoms with Crippen molar-refractivity contribution >= 4 is 72.0 Å². The fourth-order valence-corrected chi connectivity index (χ4v) is 8.15. The van der Waals surface area contributed by atoms with E-state index in [1.807, 2.05) is 66.7 Å². The second kappa shape index (κ2) is 11.7. The highest BCUT2D eigenvalue weighted by Gasteiger charge is 2.38. The number of benzene rings is 8. The fraction of sp³-hybridized carbons (Fsp3) is 0.128. The van der Waals surface area contributed by atoms with Crippen LogP contribution in [-0.2, 0) is 0 Å². The zero-order valence-corrected chi connectivity index (χ0v) is 29.1. The zero-order chi connectivity index (χ0) is 35.0. The number of fused-ring (bicyclic) bond motifs is 2. The van der Waals surface area contributed by atoms with E-state index in [0.29, 0.717) is 11.1 Å². The molecule has 0 aliphatic carbocycles. The van der Waals surface area contributed by atoms with Gasteiger partial charge >= 0.3 is 0 Å². The molecular formula is C47H36N2O2. The lowest BCUT2D eigenvalue weighted by molar-refractivity contribution is 0.0893. The van der Waals surface area contributed by atoms with E-state index in [1.165, 1.54) is 4.90 Å². The molecule has 0 N–H and O–H groups in total. The van der Waals surface area contributed by atoms with Crippen LogP contribution in [0.2, 0.25) is 0 Å². The van der Waals surface area contributed by atoms with Crippen LogP contribution in [-0.4, -0.2) is 17.5 Å². The fourth-order valence-electron chi connectivity index (χ4n) is 8.15. The average Bonchev–Trinajstić information content (AvgIpc) is 3.16. The Morgan fingerprint density at radius 1 is 0.471 bits per heavy atom. The predicted octanol–water partition coefficient (Wildman–Crippen LogP) is 12.0. The smallest absolute Gasteiger partial charge is 0.266 e. The number of anilines is 1. The summed E-state index contributed by atoms with van der Waals surface area (Å²) in [6, 6.07) is 45.3.